The van der Waals surface area contributed by atoms with Gasteiger partial charge in [0.1, 0.15) is 11.7 Å². The Balaban J connectivity index is 1.73. The van der Waals surface area contributed by atoms with E-state index in [0.717, 1.165) is 9.94 Å². The predicted octanol–water partition coefficient (Wildman–Crippen LogP) is 5.08. The first-order chi connectivity index (χ1) is 13.0. The molecule has 2 aromatic rings. The van der Waals surface area contributed by atoms with E-state index in [1.165, 1.54) is 5.56 Å². The molecule has 4 nitrogen and oxygen atoms in total. The number of nitrogens with zero attached hydrogens (tertiary/aromatic N) is 2. The van der Waals surface area contributed by atoms with Crippen LogP contribution in [0.15, 0.2) is 70.3 Å². The maximum Gasteiger partial charge on any atom is 0.255 e. The second kappa shape index (κ2) is 7.43. The Morgan fingerprint density at radius 1 is 1.07 bits per heavy atom. The number of nitrogens with one attached hydrogen (secondary N) is 1. The molecule has 0 saturated heterocycles. The number of carbonyl (C=O) groups is 1. The number of thioether (sulfide) groups is 1. The molecule has 0 saturated carbocycles. The van der Waals surface area contributed by atoms with Gasteiger partial charge in [-0.2, -0.15) is 5.10 Å². The number of benzene rings is 2. The number of amides is 1. The standard InChI is InChI=1S/C20H15Cl2N3OS/c1-12-5-2-3-8-16(12)27-17-10-9-15-19(20(26)23-11-25(15)24-17)18-13(21)6-4-7-14(18)22/h2-10H,11H2,1H3,(H,23,26). The molecule has 0 fully saturated rings. The number of halogens is 2. The van der Waals surface area contributed by atoms with Crippen LogP contribution in [0, 0.1) is 6.92 Å². The summed E-state index contributed by atoms with van der Waals surface area (Å²) in [4.78, 5) is 13.7. The van der Waals surface area contributed by atoms with E-state index in [9.17, 15) is 4.79 Å². The average Bonchev–Trinajstić information content (AvgIpc) is 2.65. The molecule has 0 atom stereocenters. The fourth-order valence-corrected chi connectivity index (χ4v) is 4.41. The lowest BCUT2D eigenvalue weighted by atomic mass is 10.0. The van der Waals surface area contributed by atoms with Crippen molar-refractivity contribution >= 4 is 51.5 Å². The zero-order chi connectivity index (χ0) is 19.0. The molecule has 0 aliphatic carbocycles. The SMILES string of the molecule is Cc1ccccc1SC1=NN2CNC(=O)C(c3c(Cl)cccc3Cl)=C2C=C1. The monoisotopic (exact) mass is 415 g/mol. The fraction of sp³-hybridized carbons (Fsp3) is 0.100. The summed E-state index contributed by atoms with van der Waals surface area (Å²) in [6.45, 7) is 2.36. The fourth-order valence-electron chi connectivity index (χ4n) is 2.94. The van der Waals surface area contributed by atoms with E-state index < -0.39 is 0 Å². The number of rotatable bonds is 2. The van der Waals surface area contributed by atoms with Crippen LogP contribution in [0.4, 0.5) is 0 Å². The van der Waals surface area contributed by atoms with Gasteiger partial charge >= 0.3 is 0 Å². The summed E-state index contributed by atoms with van der Waals surface area (Å²) in [5.74, 6) is -0.217. The molecule has 0 spiro atoms. The average molecular weight is 416 g/mol. The normalized spacial score (nSPS) is 16.2. The summed E-state index contributed by atoms with van der Waals surface area (Å²) >= 11 is 14.2. The van der Waals surface area contributed by atoms with Crippen LogP contribution < -0.4 is 5.32 Å². The van der Waals surface area contributed by atoms with Crippen LogP contribution >= 0.6 is 35.0 Å². The summed E-state index contributed by atoms with van der Waals surface area (Å²) < 4.78 is 0. The van der Waals surface area contributed by atoms with Crippen molar-refractivity contribution in [3.05, 3.63) is 81.5 Å². The zero-order valence-corrected chi connectivity index (χ0v) is 16.7. The Labute approximate surface area is 171 Å². The van der Waals surface area contributed by atoms with E-state index in [1.54, 1.807) is 35.0 Å². The van der Waals surface area contributed by atoms with E-state index >= 15 is 0 Å². The molecular formula is C20H15Cl2N3OS. The van der Waals surface area contributed by atoms with Gasteiger partial charge in [0.2, 0.25) is 0 Å². The number of aryl methyl sites for hydroxylation is 1. The predicted molar refractivity (Wildman–Crippen MR) is 112 cm³/mol. The zero-order valence-electron chi connectivity index (χ0n) is 14.4. The largest absolute Gasteiger partial charge is 0.333 e. The quantitative estimate of drug-likeness (QED) is 0.743. The second-order valence-electron chi connectivity index (χ2n) is 6.06. The Hall–Kier alpha value is -2.21. The van der Waals surface area contributed by atoms with Crippen molar-refractivity contribution in [2.24, 2.45) is 5.10 Å². The highest BCUT2D eigenvalue weighted by Crippen LogP contribution is 2.37. The number of hydrogen-bond acceptors (Lipinski definition) is 4. The van der Waals surface area contributed by atoms with Crippen LogP contribution in [-0.2, 0) is 4.79 Å². The number of hydrazone groups is 1. The Morgan fingerprint density at radius 3 is 2.56 bits per heavy atom. The van der Waals surface area contributed by atoms with E-state index in [4.69, 9.17) is 23.2 Å². The van der Waals surface area contributed by atoms with Crippen molar-refractivity contribution < 1.29 is 4.79 Å². The summed E-state index contributed by atoms with van der Waals surface area (Å²) in [5.41, 5.74) is 2.82. The molecule has 0 radical (unpaired) electrons. The van der Waals surface area contributed by atoms with Crippen molar-refractivity contribution in [3.8, 4) is 0 Å². The minimum absolute atomic E-state index is 0.217. The lowest BCUT2D eigenvalue weighted by molar-refractivity contribution is -0.116. The molecule has 2 aliphatic heterocycles. The van der Waals surface area contributed by atoms with E-state index in [-0.39, 0.29) is 5.91 Å². The van der Waals surface area contributed by atoms with Gasteiger partial charge in [-0.1, -0.05) is 59.2 Å². The lowest BCUT2D eigenvalue weighted by Gasteiger charge is -2.31. The summed E-state index contributed by atoms with van der Waals surface area (Å²) in [5, 5.41) is 11.0. The van der Waals surface area contributed by atoms with Crippen LogP contribution in [0.25, 0.3) is 5.57 Å². The first kappa shape index (κ1) is 18.2. The molecule has 7 heteroatoms. The van der Waals surface area contributed by atoms with Crippen LogP contribution in [0.1, 0.15) is 11.1 Å². The Morgan fingerprint density at radius 2 is 1.81 bits per heavy atom. The van der Waals surface area contributed by atoms with Gasteiger partial charge in [-0.3, -0.25) is 4.79 Å². The number of fused-ring (bicyclic) bond motifs is 1. The van der Waals surface area contributed by atoms with Crippen molar-refractivity contribution in [3.63, 3.8) is 0 Å². The minimum atomic E-state index is -0.217. The molecule has 2 heterocycles. The minimum Gasteiger partial charge on any atom is -0.333 e. The van der Waals surface area contributed by atoms with Gasteiger partial charge in [-0.25, -0.2) is 5.01 Å². The van der Waals surface area contributed by atoms with Crippen molar-refractivity contribution in [1.82, 2.24) is 10.3 Å². The van der Waals surface area contributed by atoms with Gasteiger partial charge in [-0.05, 0) is 42.8 Å². The summed E-state index contributed by atoms with van der Waals surface area (Å²) in [6.07, 6.45) is 3.80. The molecule has 1 amide bonds. The van der Waals surface area contributed by atoms with Crippen molar-refractivity contribution in [2.75, 3.05) is 6.67 Å². The molecule has 0 unspecified atom stereocenters. The molecule has 1 N–H and O–H groups in total. The maximum atomic E-state index is 12.6. The lowest BCUT2D eigenvalue weighted by Crippen LogP contribution is -2.42. The van der Waals surface area contributed by atoms with Crippen LogP contribution in [0.5, 0.6) is 0 Å². The molecule has 2 aliphatic rings. The molecule has 0 aromatic heterocycles. The molecular weight excluding hydrogens is 401 g/mol. The van der Waals surface area contributed by atoms with Gasteiger partial charge < -0.3 is 5.32 Å². The van der Waals surface area contributed by atoms with Crippen molar-refractivity contribution in [2.45, 2.75) is 11.8 Å². The van der Waals surface area contributed by atoms with Gasteiger partial charge in [0, 0.05) is 10.5 Å². The van der Waals surface area contributed by atoms with Crippen molar-refractivity contribution in [1.29, 1.82) is 0 Å². The highest BCUT2D eigenvalue weighted by Gasteiger charge is 2.30. The third kappa shape index (κ3) is 3.50. The van der Waals surface area contributed by atoms with Crippen LogP contribution in [0.3, 0.4) is 0 Å². The highest BCUT2D eigenvalue weighted by molar-refractivity contribution is 8.14. The summed E-state index contributed by atoms with van der Waals surface area (Å²) in [6, 6.07) is 13.3. The third-order valence-electron chi connectivity index (χ3n) is 4.27. The Kier molecular flexibility index (Phi) is 5.00. The first-order valence-corrected chi connectivity index (χ1v) is 9.86. The molecule has 2 aromatic carbocycles. The number of carbonyl (C=O) groups excluding carboxylic acids is 1. The van der Waals surface area contributed by atoms with Gasteiger partial charge in [0.25, 0.3) is 5.91 Å². The molecule has 136 valence electrons. The summed E-state index contributed by atoms with van der Waals surface area (Å²) in [7, 11) is 0. The molecule has 27 heavy (non-hydrogen) atoms. The van der Waals surface area contributed by atoms with Gasteiger partial charge in [0.15, 0.2) is 0 Å². The Bertz CT molecular complexity index is 1010. The highest BCUT2D eigenvalue weighted by atomic mass is 35.5. The maximum absolute atomic E-state index is 12.6. The number of hydrogen-bond donors (Lipinski definition) is 1. The topological polar surface area (TPSA) is 44.7 Å². The third-order valence-corrected chi connectivity index (χ3v) is 6.01. The van der Waals surface area contributed by atoms with Crippen LogP contribution in [-0.4, -0.2) is 22.6 Å². The van der Waals surface area contributed by atoms with Gasteiger partial charge in [-0.15, -0.1) is 0 Å². The van der Waals surface area contributed by atoms with E-state index in [2.05, 4.69) is 29.5 Å². The second-order valence-corrected chi connectivity index (χ2v) is 7.94. The first-order valence-electron chi connectivity index (χ1n) is 8.29. The molecule has 0 bridgehead atoms. The van der Waals surface area contributed by atoms with Crippen LogP contribution in [0.2, 0.25) is 10.0 Å². The molecule has 4 rings (SSSR count). The number of allylic oxidation sites excluding steroid dienone is 1. The smallest absolute Gasteiger partial charge is 0.255 e. The van der Waals surface area contributed by atoms with E-state index in [0.29, 0.717) is 33.5 Å². The van der Waals surface area contributed by atoms with E-state index in [1.807, 2.05) is 24.3 Å². The van der Waals surface area contributed by atoms with Gasteiger partial charge in [0.05, 0.1) is 21.3 Å².